The molecule has 0 aromatic carbocycles. The van der Waals surface area contributed by atoms with Crippen molar-refractivity contribution in [3.05, 3.63) is 43.3 Å². The maximum absolute atomic E-state index is 5.40. The molecule has 0 radical (unpaired) electrons. The van der Waals surface area contributed by atoms with Gasteiger partial charge in [-0.1, -0.05) is 12.7 Å². The first-order chi connectivity index (χ1) is 8.86. The summed E-state index contributed by atoms with van der Waals surface area (Å²) in [5.41, 5.74) is 2.43. The summed E-state index contributed by atoms with van der Waals surface area (Å²) in [4.78, 5) is 2.37. The average molecular weight is 245 g/mol. The zero-order valence-electron chi connectivity index (χ0n) is 10.8. The number of hydrogen-bond donors (Lipinski definition) is 0. The molecule has 1 fully saturated rings. The van der Waals surface area contributed by atoms with Crippen molar-refractivity contribution in [1.82, 2.24) is 0 Å². The van der Waals surface area contributed by atoms with Gasteiger partial charge in [0.25, 0.3) is 0 Å². The molecule has 1 aromatic heterocycles. The fourth-order valence-electron chi connectivity index (χ4n) is 2.27. The summed E-state index contributed by atoms with van der Waals surface area (Å²) in [5.74, 6) is 0. The fraction of sp³-hybridized carbons (Fsp3) is 0.400. The Morgan fingerprint density at radius 1 is 1.33 bits per heavy atom. The molecule has 3 nitrogen and oxygen atoms in total. The van der Waals surface area contributed by atoms with Gasteiger partial charge < -0.3 is 9.64 Å². The number of nitrogens with zero attached hydrogens (tertiary/aromatic N) is 2. The van der Waals surface area contributed by atoms with Gasteiger partial charge in [-0.2, -0.15) is 4.57 Å². The second-order valence-electron chi connectivity index (χ2n) is 4.35. The first-order valence-corrected chi connectivity index (χ1v) is 6.45. The molecule has 0 N–H and O–H groups in total. The summed E-state index contributed by atoms with van der Waals surface area (Å²) in [5, 5.41) is 0. The number of aryl methyl sites for hydroxylation is 1. The number of ether oxygens (including phenoxy) is 1. The molecular weight excluding hydrogens is 224 g/mol. The molecule has 96 valence electrons. The topological polar surface area (TPSA) is 16.4 Å². The molecule has 2 heterocycles. The molecule has 1 aliphatic rings. The Morgan fingerprint density at radius 3 is 2.78 bits per heavy atom. The van der Waals surface area contributed by atoms with E-state index < -0.39 is 0 Å². The Morgan fingerprint density at radius 2 is 2.11 bits per heavy atom. The number of morpholine rings is 1. The molecular formula is C15H21N2O+. The van der Waals surface area contributed by atoms with E-state index in [2.05, 4.69) is 41.0 Å². The Labute approximate surface area is 109 Å². The lowest BCUT2D eigenvalue weighted by molar-refractivity contribution is -0.697. The Kier molecular flexibility index (Phi) is 4.53. The van der Waals surface area contributed by atoms with Crippen LogP contribution in [0.25, 0.3) is 6.08 Å². The van der Waals surface area contributed by atoms with Gasteiger partial charge in [0.15, 0.2) is 12.7 Å². The van der Waals surface area contributed by atoms with Gasteiger partial charge in [0, 0.05) is 31.7 Å². The second-order valence-corrected chi connectivity index (χ2v) is 4.35. The van der Waals surface area contributed by atoms with Gasteiger partial charge >= 0.3 is 0 Å². The zero-order chi connectivity index (χ0) is 12.8. The Bertz CT molecular complexity index is 423. The Hall–Kier alpha value is -1.61. The molecule has 0 atom stereocenters. The van der Waals surface area contributed by atoms with Crippen molar-refractivity contribution < 1.29 is 9.30 Å². The van der Waals surface area contributed by atoms with Crippen LogP contribution in [-0.4, -0.2) is 26.3 Å². The third-order valence-electron chi connectivity index (χ3n) is 3.21. The molecule has 2 rings (SSSR count). The van der Waals surface area contributed by atoms with Gasteiger partial charge in [-0.3, -0.25) is 0 Å². The van der Waals surface area contributed by atoms with Crippen molar-refractivity contribution in [2.45, 2.75) is 13.0 Å². The van der Waals surface area contributed by atoms with Crippen LogP contribution in [0.2, 0.25) is 0 Å². The van der Waals surface area contributed by atoms with E-state index in [0.717, 1.165) is 39.3 Å². The molecule has 1 saturated heterocycles. The van der Waals surface area contributed by atoms with E-state index in [1.807, 2.05) is 12.2 Å². The highest BCUT2D eigenvalue weighted by Gasteiger charge is 2.19. The second kappa shape index (κ2) is 6.36. The summed E-state index contributed by atoms with van der Waals surface area (Å²) >= 11 is 0. The number of hydrogen-bond acceptors (Lipinski definition) is 2. The molecule has 1 aromatic rings. The number of anilines is 1. The minimum Gasteiger partial charge on any atom is -0.378 e. The van der Waals surface area contributed by atoms with Crippen molar-refractivity contribution >= 4 is 11.8 Å². The van der Waals surface area contributed by atoms with Crippen LogP contribution < -0.4 is 9.47 Å². The highest BCUT2D eigenvalue weighted by Crippen LogP contribution is 2.19. The predicted octanol–water partition coefficient (Wildman–Crippen LogP) is 2.03. The lowest BCUT2D eigenvalue weighted by atomic mass is 10.2. The van der Waals surface area contributed by atoms with Crippen LogP contribution in [-0.2, 0) is 11.3 Å². The van der Waals surface area contributed by atoms with Crippen LogP contribution in [0.5, 0.6) is 0 Å². The van der Waals surface area contributed by atoms with Crippen molar-refractivity contribution in [2.24, 2.45) is 0 Å². The summed E-state index contributed by atoms with van der Waals surface area (Å²) in [6, 6.07) is 4.26. The fourth-order valence-corrected chi connectivity index (χ4v) is 2.27. The van der Waals surface area contributed by atoms with E-state index >= 15 is 0 Å². The molecule has 0 amide bonds. The third-order valence-corrected chi connectivity index (χ3v) is 3.21. The highest BCUT2D eigenvalue weighted by molar-refractivity contribution is 5.61. The van der Waals surface area contributed by atoms with Crippen molar-refractivity contribution in [1.29, 1.82) is 0 Å². The zero-order valence-corrected chi connectivity index (χ0v) is 10.8. The quantitative estimate of drug-likeness (QED) is 0.583. The number of allylic oxidation sites excluding steroid dienone is 1. The Balaban J connectivity index is 2.27. The minimum absolute atomic E-state index is 0.804. The van der Waals surface area contributed by atoms with Gasteiger partial charge in [0.1, 0.15) is 5.69 Å². The van der Waals surface area contributed by atoms with Crippen molar-refractivity contribution in [2.75, 3.05) is 31.2 Å². The van der Waals surface area contributed by atoms with E-state index in [-0.39, 0.29) is 0 Å². The predicted molar refractivity (Wildman–Crippen MR) is 74.6 cm³/mol. The van der Waals surface area contributed by atoms with Gasteiger partial charge in [-0.25, -0.2) is 0 Å². The minimum atomic E-state index is 0.804. The molecule has 1 aliphatic heterocycles. The lowest BCUT2D eigenvalue weighted by Gasteiger charge is -2.28. The van der Waals surface area contributed by atoms with Crippen LogP contribution >= 0.6 is 0 Å². The molecule has 0 saturated carbocycles. The molecule has 0 spiro atoms. The SMILES string of the molecule is C=CCC[n+]1cccc(N2CCOCC2)c1C=C. The van der Waals surface area contributed by atoms with E-state index in [1.165, 1.54) is 11.4 Å². The van der Waals surface area contributed by atoms with Crippen LogP contribution in [0.4, 0.5) is 5.69 Å². The van der Waals surface area contributed by atoms with Crippen LogP contribution in [0.15, 0.2) is 37.6 Å². The number of pyridine rings is 1. The normalized spacial score (nSPS) is 15.4. The van der Waals surface area contributed by atoms with Crippen molar-refractivity contribution in [3.63, 3.8) is 0 Å². The van der Waals surface area contributed by atoms with Gasteiger partial charge in [0.2, 0.25) is 5.69 Å². The number of aromatic nitrogens is 1. The van der Waals surface area contributed by atoms with Gasteiger partial charge in [-0.15, -0.1) is 6.58 Å². The molecule has 0 unspecified atom stereocenters. The van der Waals surface area contributed by atoms with Gasteiger partial charge in [-0.05, 0) is 6.07 Å². The molecule has 0 bridgehead atoms. The van der Waals surface area contributed by atoms with E-state index in [1.54, 1.807) is 0 Å². The maximum Gasteiger partial charge on any atom is 0.228 e. The smallest absolute Gasteiger partial charge is 0.228 e. The summed E-state index contributed by atoms with van der Waals surface area (Å²) in [6.45, 7) is 12.2. The first kappa shape index (κ1) is 12.8. The molecule has 3 heteroatoms. The van der Waals surface area contributed by atoms with Gasteiger partial charge in [0.05, 0.1) is 13.2 Å². The van der Waals surface area contributed by atoms with Crippen molar-refractivity contribution in [3.8, 4) is 0 Å². The molecule has 18 heavy (non-hydrogen) atoms. The van der Waals surface area contributed by atoms with E-state index in [4.69, 9.17) is 4.74 Å². The maximum atomic E-state index is 5.40. The lowest BCUT2D eigenvalue weighted by Crippen LogP contribution is -2.42. The average Bonchev–Trinajstić information content (AvgIpc) is 2.45. The standard InChI is InChI=1S/C15H21N2O/c1-3-5-8-16-9-6-7-15(14(16)4-2)17-10-12-18-13-11-17/h3-4,6-7,9H,1-2,5,8,10-13H2/q+1. The summed E-state index contributed by atoms with van der Waals surface area (Å²) < 4.78 is 7.64. The largest absolute Gasteiger partial charge is 0.378 e. The summed E-state index contributed by atoms with van der Waals surface area (Å²) in [7, 11) is 0. The summed E-state index contributed by atoms with van der Waals surface area (Å²) in [6.07, 6.45) is 6.96. The van der Waals surface area contributed by atoms with Crippen LogP contribution in [0, 0.1) is 0 Å². The van der Waals surface area contributed by atoms with E-state index in [9.17, 15) is 0 Å². The first-order valence-electron chi connectivity index (χ1n) is 6.45. The number of rotatable bonds is 5. The monoisotopic (exact) mass is 245 g/mol. The van der Waals surface area contributed by atoms with Crippen LogP contribution in [0.3, 0.4) is 0 Å². The third kappa shape index (κ3) is 2.79. The highest BCUT2D eigenvalue weighted by atomic mass is 16.5. The van der Waals surface area contributed by atoms with Crippen LogP contribution in [0.1, 0.15) is 12.1 Å². The molecule has 0 aliphatic carbocycles. The van der Waals surface area contributed by atoms with E-state index in [0.29, 0.717) is 0 Å².